The minimum atomic E-state index is 0.0974. The molecule has 0 aliphatic heterocycles. The van der Waals surface area contributed by atoms with E-state index in [1.165, 1.54) is 0 Å². The molecule has 0 amide bonds. The highest BCUT2D eigenvalue weighted by Gasteiger charge is 2.13. The molecule has 0 heterocycles. The van der Waals surface area contributed by atoms with Crippen LogP contribution in [-0.4, -0.2) is 10.2 Å². The van der Waals surface area contributed by atoms with Crippen LogP contribution in [0.15, 0.2) is 49.8 Å². The third-order valence-corrected chi connectivity index (χ3v) is 4.31. The molecule has 2 aromatic rings. The standard InChI is InChI=1S/C14H8Br2Cl2O2/c15-9-5-7(1-3-11(9)19)13(14(17)18)8-2-4-12(20)10(16)6-8/h1-6,19-20H. The number of phenolic OH excluding ortho intramolecular Hbond substituents is 2. The van der Waals surface area contributed by atoms with Crippen LogP contribution in [0, 0.1) is 0 Å². The van der Waals surface area contributed by atoms with Crippen LogP contribution >= 0.6 is 55.1 Å². The molecular weight excluding hydrogens is 431 g/mol. The van der Waals surface area contributed by atoms with E-state index in [0.29, 0.717) is 14.5 Å². The van der Waals surface area contributed by atoms with Gasteiger partial charge in [-0.05, 0) is 67.3 Å². The molecule has 0 atom stereocenters. The Morgan fingerprint density at radius 1 is 0.800 bits per heavy atom. The molecule has 2 nitrogen and oxygen atoms in total. The highest BCUT2D eigenvalue weighted by molar-refractivity contribution is 9.10. The first-order valence-corrected chi connectivity index (χ1v) is 7.77. The molecule has 0 unspecified atom stereocenters. The van der Waals surface area contributed by atoms with Crippen molar-refractivity contribution in [2.75, 3.05) is 0 Å². The summed E-state index contributed by atoms with van der Waals surface area (Å²) < 4.78 is 1.18. The lowest BCUT2D eigenvalue weighted by atomic mass is 9.99. The van der Waals surface area contributed by atoms with E-state index >= 15 is 0 Å². The van der Waals surface area contributed by atoms with E-state index in [1.54, 1.807) is 36.4 Å². The van der Waals surface area contributed by atoms with Crippen LogP contribution in [0.25, 0.3) is 5.57 Å². The Kier molecular flexibility index (Phi) is 5.02. The molecule has 0 saturated carbocycles. The van der Waals surface area contributed by atoms with Crippen molar-refractivity contribution in [2.45, 2.75) is 0 Å². The molecule has 2 N–H and O–H groups in total. The molecule has 0 fully saturated rings. The molecule has 0 saturated heterocycles. The third-order valence-electron chi connectivity index (χ3n) is 2.66. The Bertz CT molecular complexity index is 642. The summed E-state index contributed by atoms with van der Waals surface area (Å²) in [6, 6.07) is 9.95. The average Bonchev–Trinajstić information content (AvgIpc) is 2.38. The molecule has 0 spiro atoms. The second kappa shape index (κ2) is 6.39. The maximum atomic E-state index is 9.55. The van der Waals surface area contributed by atoms with E-state index in [-0.39, 0.29) is 16.0 Å². The normalized spacial score (nSPS) is 10.4. The van der Waals surface area contributed by atoms with Gasteiger partial charge >= 0.3 is 0 Å². The van der Waals surface area contributed by atoms with Crippen LogP contribution in [0.2, 0.25) is 0 Å². The summed E-state index contributed by atoms with van der Waals surface area (Å²) in [5.74, 6) is 0.261. The summed E-state index contributed by atoms with van der Waals surface area (Å²) in [6.07, 6.45) is 0. The number of phenols is 2. The van der Waals surface area contributed by atoms with E-state index < -0.39 is 0 Å². The van der Waals surface area contributed by atoms with Gasteiger partial charge in [-0.2, -0.15) is 0 Å². The third kappa shape index (κ3) is 3.31. The van der Waals surface area contributed by atoms with Crippen LogP contribution < -0.4 is 0 Å². The summed E-state index contributed by atoms with van der Waals surface area (Å²) in [4.78, 5) is 0. The van der Waals surface area contributed by atoms with Gasteiger partial charge in [0.25, 0.3) is 0 Å². The highest BCUT2D eigenvalue weighted by Crippen LogP contribution is 2.37. The predicted molar refractivity (Wildman–Crippen MR) is 89.3 cm³/mol. The van der Waals surface area contributed by atoms with E-state index in [1.807, 2.05) is 0 Å². The number of rotatable bonds is 2. The second-order valence-corrected chi connectivity index (χ2v) is 6.63. The minimum Gasteiger partial charge on any atom is -0.507 e. The monoisotopic (exact) mass is 436 g/mol. The van der Waals surface area contributed by atoms with Gasteiger partial charge in [-0.1, -0.05) is 35.3 Å². The van der Waals surface area contributed by atoms with Crippen LogP contribution in [0.4, 0.5) is 0 Å². The smallest absolute Gasteiger partial charge is 0.129 e. The molecule has 0 aliphatic carbocycles. The molecule has 104 valence electrons. The van der Waals surface area contributed by atoms with Crippen molar-refractivity contribution in [3.05, 3.63) is 61.0 Å². The van der Waals surface area contributed by atoms with Crippen LogP contribution in [0.1, 0.15) is 11.1 Å². The number of hydrogen-bond donors (Lipinski definition) is 2. The molecule has 2 aromatic carbocycles. The van der Waals surface area contributed by atoms with Crippen LogP contribution in [0.3, 0.4) is 0 Å². The van der Waals surface area contributed by atoms with Crippen molar-refractivity contribution in [2.24, 2.45) is 0 Å². The van der Waals surface area contributed by atoms with Gasteiger partial charge in [0.15, 0.2) is 0 Å². The fourth-order valence-electron chi connectivity index (χ4n) is 1.71. The molecule has 0 aromatic heterocycles. The van der Waals surface area contributed by atoms with Gasteiger partial charge < -0.3 is 10.2 Å². The SMILES string of the molecule is Oc1ccc(C(=C(Cl)Cl)c2ccc(O)c(Br)c2)cc1Br. The predicted octanol–water partition coefficient (Wildman–Crippen LogP) is 5.82. The summed E-state index contributed by atoms with van der Waals surface area (Å²) in [7, 11) is 0. The van der Waals surface area contributed by atoms with Crippen molar-refractivity contribution < 1.29 is 10.2 Å². The summed E-state index contributed by atoms with van der Waals surface area (Å²) in [6.45, 7) is 0. The molecular formula is C14H8Br2Cl2O2. The fraction of sp³-hybridized carbons (Fsp3) is 0. The van der Waals surface area contributed by atoms with Crippen LogP contribution in [-0.2, 0) is 0 Å². The van der Waals surface area contributed by atoms with E-state index in [0.717, 1.165) is 11.1 Å². The molecule has 20 heavy (non-hydrogen) atoms. The first-order valence-electron chi connectivity index (χ1n) is 5.43. The zero-order chi connectivity index (χ0) is 14.9. The van der Waals surface area contributed by atoms with Gasteiger partial charge in [0, 0.05) is 5.57 Å². The molecule has 0 radical (unpaired) electrons. The Morgan fingerprint density at radius 3 is 1.50 bits per heavy atom. The van der Waals surface area contributed by atoms with Gasteiger partial charge in [0.2, 0.25) is 0 Å². The Morgan fingerprint density at radius 2 is 1.20 bits per heavy atom. The zero-order valence-corrected chi connectivity index (χ0v) is 14.6. The quantitative estimate of drug-likeness (QED) is 0.620. The second-order valence-electron chi connectivity index (χ2n) is 3.97. The Balaban J connectivity index is 2.60. The first-order chi connectivity index (χ1) is 9.40. The van der Waals surface area contributed by atoms with Gasteiger partial charge in [-0.25, -0.2) is 0 Å². The van der Waals surface area contributed by atoms with Gasteiger partial charge in [0.1, 0.15) is 16.0 Å². The van der Waals surface area contributed by atoms with E-state index in [9.17, 15) is 10.2 Å². The van der Waals surface area contributed by atoms with Crippen molar-refractivity contribution in [1.29, 1.82) is 0 Å². The van der Waals surface area contributed by atoms with Gasteiger partial charge in [-0.15, -0.1) is 0 Å². The van der Waals surface area contributed by atoms with Crippen LogP contribution in [0.5, 0.6) is 11.5 Å². The number of benzene rings is 2. The number of aromatic hydroxyl groups is 2. The number of halogens is 4. The number of hydrogen-bond acceptors (Lipinski definition) is 2. The summed E-state index contributed by atoms with van der Waals surface area (Å²) in [5.41, 5.74) is 2.09. The van der Waals surface area contributed by atoms with Crippen molar-refractivity contribution >= 4 is 60.6 Å². The molecule has 0 bridgehead atoms. The van der Waals surface area contributed by atoms with Crippen molar-refractivity contribution in [1.82, 2.24) is 0 Å². The minimum absolute atomic E-state index is 0.0974. The lowest BCUT2D eigenvalue weighted by Crippen LogP contribution is -1.90. The Hall–Kier alpha value is -0.680. The Labute approximate surface area is 142 Å². The summed E-state index contributed by atoms with van der Waals surface area (Å²) >= 11 is 18.5. The fourth-order valence-corrected chi connectivity index (χ4v) is 2.90. The van der Waals surface area contributed by atoms with E-state index in [2.05, 4.69) is 31.9 Å². The first kappa shape index (κ1) is 15.7. The maximum Gasteiger partial charge on any atom is 0.129 e. The van der Waals surface area contributed by atoms with Gasteiger partial charge in [0.05, 0.1) is 8.95 Å². The topological polar surface area (TPSA) is 40.5 Å². The van der Waals surface area contributed by atoms with Gasteiger partial charge in [-0.3, -0.25) is 0 Å². The largest absolute Gasteiger partial charge is 0.507 e. The summed E-state index contributed by atoms with van der Waals surface area (Å²) in [5, 5.41) is 19.1. The van der Waals surface area contributed by atoms with Crippen molar-refractivity contribution in [3.8, 4) is 11.5 Å². The molecule has 0 aliphatic rings. The lowest BCUT2D eigenvalue weighted by molar-refractivity contribution is 0.471. The van der Waals surface area contributed by atoms with Crippen molar-refractivity contribution in [3.63, 3.8) is 0 Å². The maximum absolute atomic E-state index is 9.55. The lowest BCUT2D eigenvalue weighted by Gasteiger charge is -2.11. The van der Waals surface area contributed by atoms with E-state index in [4.69, 9.17) is 23.2 Å². The average molecular weight is 439 g/mol. The molecule has 6 heteroatoms. The molecule has 2 rings (SSSR count). The zero-order valence-electron chi connectivity index (χ0n) is 9.87. The highest BCUT2D eigenvalue weighted by atomic mass is 79.9.